The minimum absolute atomic E-state index is 0.134. The lowest BCUT2D eigenvalue weighted by molar-refractivity contribution is 0.439. The molecule has 96 valence electrons. The number of hydrogen-bond donors (Lipinski definition) is 0. The van der Waals surface area contributed by atoms with Crippen molar-refractivity contribution in [2.45, 2.75) is 58.8 Å². The smallest absolute Gasteiger partial charge is 0.123 e. The van der Waals surface area contributed by atoms with Crippen LogP contribution in [0.3, 0.4) is 0 Å². The molecule has 0 amide bonds. The summed E-state index contributed by atoms with van der Waals surface area (Å²) in [6.45, 7) is 4.50. The Kier molecular flexibility index (Phi) is 6.91. The van der Waals surface area contributed by atoms with Gasteiger partial charge in [0.1, 0.15) is 5.82 Å². The Morgan fingerprint density at radius 1 is 1.00 bits per heavy atom. The molecular formula is C16H25F. The van der Waals surface area contributed by atoms with Gasteiger partial charge in [0, 0.05) is 0 Å². The summed E-state index contributed by atoms with van der Waals surface area (Å²) >= 11 is 0. The minimum Gasteiger partial charge on any atom is -0.207 e. The quantitative estimate of drug-likeness (QED) is 0.533. The van der Waals surface area contributed by atoms with Crippen molar-refractivity contribution in [1.82, 2.24) is 0 Å². The summed E-state index contributed by atoms with van der Waals surface area (Å²) in [5.74, 6) is 0.627. The molecule has 0 radical (unpaired) electrons. The van der Waals surface area contributed by atoms with Gasteiger partial charge in [0.25, 0.3) is 0 Å². The van der Waals surface area contributed by atoms with Crippen LogP contribution in [-0.4, -0.2) is 0 Å². The van der Waals surface area contributed by atoms with Crippen LogP contribution in [0.5, 0.6) is 0 Å². The van der Waals surface area contributed by atoms with E-state index in [1.807, 2.05) is 12.1 Å². The molecule has 1 rings (SSSR count). The van der Waals surface area contributed by atoms with Gasteiger partial charge in [-0.3, -0.25) is 0 Å². The molecular weight excluding hydrogens is 211 g/mol. The van der Waals surface area contributed by atoms with Gasteiger partial charge < -0.3 is 0 Å². The van der Waals surface area contributed by atoms with E-state index >= 15 is 0 Å². The highest BCUT2D eigenvalue weighted by Gasteiger charge is 2.07. The molecule has 0 heterocycles. The summed E-state index contributed by atoms with van der Waals surface area (Å²) in [6, 6.07) is 6.98. The van der Waals surface area contributed by atoms with Crippen LogP contribution in [0.4, 0.5) is 4.39 Å². The lowest BCUT2D eigenvalue weighted by atomic mass is 9.91. The van der Waals surface area contributed by atoms with E-state index in [4.69, 9.17) is 0 Å². The summed E-state index contributed by atoms with van der Waals surface area (Å²) in [5, 5.41) is 0. The number of benzene rings is 1. The van der Waals surface area contributed by atoms with E-state index in [1.165, 1.54) is 44.1 Å². The van der Waals surface area contributed by atoms with Crippen molar-refractivity contribution in [3.05, 3.63) is 35.6 Å². The van der Waals surface area contributed by atoms with Crippen molar-refractivity contribution in [2.75, 3.05) is 0 Å². The third-order valence-corrected chi connectivity index (χ3v) is 3.48. The van der Waals surface area contributed by atoms with Crippen molar-refractivity contribution < 1.29 is 4.39 Å². The van der Waals surface area contributed by atoms with E-state index in [2.05, 4.69) is 13.8 Å². The highest BCUT2D eigenvalue weighted by Crippen LogP contribution is 2.19. The molecule has 0 aliphatic heterocycles. The number of unbranched alkanes of at least 4 members (excludes halogenated alkanes) is 3. The second-order valence-electron chi connectivity index (χ2n) is 4.95. The lowest BCUT2D eigenvalue weighted by Crippen LogP contribution is -2.03. The van der Waals surface area contributed by atoms with Crippen molar-refractivity contribution >= 4 is 0 Å². The molecule has 1 heteroatoms. The minimum atomic E-state index is -0.134. The summed E-state index contributed by atoms with van der Waals surface area (Å²) in [4.78, 5) is 0. The van der Waals surface area contributed by atoms with Crippen LogP contribution in [0, 0.1) is 11.7 Å². The van der Waals surface area contributed by atoms with E-state index in [0.29, 0.717) is 0 Å². The van der Waals surface area contributed by atoms with Gasteiger partial charge in [-0.2, -0.15) is 0 Å². The summed E-state index contributed by atoms with van der Waals surface area (Å²) in [7, 11) is 0. The van der Waals surface area contributed by atoms with E-state index in [9.17, 15) is 4.39 Å². The van der Waals surface area contributed by atoms with E-state index in [0.717, 1.165) is 12.3 Å². The van der Waals surface area contributed by atoms with Gasteiger partial charge in [-0.05, 0) is 30.0 Å². The molecule has 0 nitrogen and oxygen atoms in total. The van der Waals surface area contributed by atoms with Gasteiger partial charge in [0.15, 0.2) is 0 Å². The fraction of sp³-hybridized carbons (Fsp3) is 0.625. The van der Waals surface area contributed by atoms with Gasteiger partial charge in [0.2, 0.25) is 0 Å². The van der Waals surface area contributed by atoms with E-state index in [1.54, 1.807) is 12.1 Å². The molecule has 1 aromatic carbocycles. The number of halogens is 1. The summed E-state index contributed by atoms with van der Waals surface area (Å²) < 4.78 is 12.8. The molecule has 0 saturated heterocycles. The molecule has 0 spiro atoms. The summed E-state index contributed by atoms with van der Waals surface area (Å²) in [6.07, 6.45) is 8.99. The molecule has 17 heavy (non-hydrogen) atoms. The van der Waals surface area contributed by atoms with Gasteiger partial charge >= 0.3 is 0 Å². The Morgan fingerprint density at radius 2 is 1.71 bits per heavy atom. The number of rotatable bonds is 8. The normalized spacial score (nSPS) is 12.6. The average Bonchev–Trinajstić information content (AvgIpc) is 2.35. The molecule has 1 atom stereocenters. The molecule has 0 aliphatic carbocycles. The fourth-order valence-corrected chi connectivity index (χ4v) is 2.26. The Balaban J connectivity index is 2.33. The first-order valence-corrected chi connectivity index (χ1v) is 7.00. The molecule has 0 saturated carbocycles. The van der Waals surface area contributed by atoms with Gasteiger partial charge in [0.05, 0.1) is 0 Å². The van der Waals surface area contributed by atoms with Gasteiger partial charge in [-0.1, -0.05) is 64.5 Å². The van der Waals surface area contributed by atoms with Crippen molar-refractivity contribution in [3.63, 3.8) is 0 Å². The second kappa shape index (κ2) is 8.27. The standard InChI is InChI=1S/C16H25F/c1-3-5-6-7-8-14(4-2)13-15-9-11-16(17)12-10-15/h9-12,14H,3-8,13H2,1-2H3. The monoisotopic (exact) mass is 236 g/mol. The van der Waals surface area contributed by atoms with Crippen LogP contribution >= 0.6 is 0 Å². The third kappa shape index (κ3) is 5.86. The average molecular weight is 236 g/mol. The van der Waals surface area contributed by atoms with Gasteiger partial charge in [-0.15, -0.1) is 0 Å². The largest absolute Gasteiger partial charge is 0.207 e. The fourth-order valence-electron chi connectivity index (χ4n) is 2.26. The van der Waals surface area contributed by atoms with Crippen molar-refractivity contribution in [1.29, 1.82) is 0 Å². The topological polar surface area (TPSA) is 0 Å². The third-order valence-electron chi connectivity index (χ3n) is 3.48. The molecule has 1 unspecified atom stereocenters. The zero-order valence-corrected chi connectivity index (χ0v) is 11.2. The number of hydrogen-bond acceptors (Lipinski definition) is 0. The molecule has 1 aromatic rings. The Hall–Kier alpha value is -0.850. The zero-order valence-electron chi connectivity index (χ0n) is 11.2. The van der Waals surface area contributed by atoms with Crippen LogP contribution in [0.15, 0.2) is 24.3 Å². The Bertz CT molecular complexity index is 289. The molecule has 0 aliphatic rings. The van der Waals surface area contributed by atoms with Gasteiger partial charge in [-0.25, -0.2) is 4.39 Å². The predicted octanol–water partition coefficient (Wildman–Crippen LogP) is 5.36. The highest BCUT2D eigenvalue weighted by atomic mass is 19.1. The lowest BCUT2D eigenvalue weighted by Gasteiger charge is -2.14. The SMILES string of the molecule is CCCCCCC(CC)Cc1ccc(F)cc1. The first kappa shape index (κ1) is 14.2. The van der Waals surface area contributed by atoms with Crippen LogP contribution in [-0.2, 0) is 6.42 Å². The molecule has 0 aromatic heterocycles. The van der Waals surface area contributed by atoms with Crippen LogP contribution < -0.4 is 0 Å². The van der Waals surface area contributed by atoms with Crippen molar-refractivity contribution in [3.8, 4) is 0 Å². The predicted molar refractivity (Wildman–Crippen MR) is 72.6 cm³/mol. The Labute approximate surface area is 105 Å². The van der Waals surface area contributed by atoms with Crippen LogP contribution in [0.2, 0.25) is 0 Å². The molecule has 0 fully saturated rings. The second-order valence-corrected chi connectivity index (χ2v) is 4.95. The maximum Gasteiger partial charge on any atom is 0.123 e. The molecule has 0 N–H and O–H groups in total. The van der Waals surface area contributed by atoms with Crippen molar-refractivity contribution in [2.24, 2.45) is 5.92 Å². The van der Waals surface area contributed by atoms with Crippen LogP contribution in [0.25, 0.3) is 0 Å². The van der Waals surface area contributed by atoms with Crippen LogP contribution in [0.1, 0.15) is 57.9 Å². The van der Waals surface area contributed by atoms with E-state index < -0.39 is 0 Å². The molecule has 0 bridgehead atoms. The maximum atomic E-state index is 12.8. The maximum absolute atomic E-state index is 12.8. The first-order chi connectivity index (χ1) is 8.26. The first-order valence-electron chi connectivity index (χ1n) is 7.00. The Morgan fingerprint density at radius 3 is 2.29 bits per heavy atom. The van der Waals surface area contributed by atoms with E-state index in [-0.39, 0.29) is 5.82 Å². The summed E-state index contributed by atoms with van der Waals surface area (Å²) in [5.41, 5.74) is 1.27. The highest BCUT2D eigenvalue weighted by molar-refractivity contribution is 5.16. The zero-order chi connectivity index (χ0) is 12.5.